The third-order valence-electron chi connectivity index (χ3n) is 4.68. The molecule has 1 saturated carbocycles. The van der Waals surface area contributed by atoms with Gasteiger partial charge in [0.15, 0.2) is 11.6 Å². The highest BCUT2D eigenvalue weighted by atomic mass is 19.1. The highest BCUT2D eigenvalue weighted by Crippen LogP contribution is 2.42. The Bertz CT molecular complexity index is 755. The minimum Gasteiger partial charge on any atom is -0.494 e. The summed E-state index contributed by atoms with van der Waals surface area (Å²) in [5.74, 6) is -1.01. The van der Waals surface area contributed by atoms with Gasteiger partial charge >= 0.3 is 0 Å². The van der Waals surface area contributed by atoms with Crippen LogP contribution in [0.1, 0.15) is 31.2 Å². The summed E-state index contributed by atoms with van der Waals surface area (Å²) in [6, 6.07) is 10.5. The summed E-state index contributed by atoms with van der Waals surface area (Å²) in [6.45, 7) is 0. The SMILES string of the molecule is COc1ccc(NC(=O)C2(c3cccc(F)c3)CCCC2)cc1F. The fourth-order valence-corrected chi connectivity index (χ4v) is 3.41. The minimum absolute atomic E-state index is 0.119. The molecule has 0 spiro atoms. The van der Waals surface area contributed by atoms with Crippen molar-refractivity contribution in [3.05, 3.63) is 59.7 Å². The largest absolute Gasteiger partial charge is 0.494 e. The van der Waals surface area contributed by atoms with Crippen LogP contribution in [0.5, 0.6) is 5.75 Å². The summed E-state index contributed by atoms with van der Waals surface area (Å²) in [5.41, 5.74) is 0.269. The van der Waals surface area contributed by atoms with Crippen LogP contribution in [-0.2, 0) is 10.2 Å². The number of amides is 1. The molecule has 0 unspecified atom stereocenters. The van der Waals surface area contributed by atoms with Crippen molar-refractivity contribution in [1.82, 2.24) is 0 Å². The molecular weight excluding hydrogens is 312 g/mol. The molecule has 0 bridgehead atoms. The van der Waals surface area contributed by atoms with Crippen LogP contribution in [0.3, 0.4) is 0 Å². The Hall–Kier alpha value is -2.43. The van der Waals surface area contributed by atoms with Gasteiger partial charge in [-0.15, -0.1) is 0 Å². The lowest BCUT2D eigenvalue weighted by molar-refractivity contribution is -0.121. The zero-order chi connectivity index (χ0) is 17.2. The Kier molecular flexibility index (Phi) is 4.51. The molecule has 2 aromatic rings. The molecule has 0 aromatic heterocycles. The third-order valence-corrected chi connectivity index (χ3v) is 4.68. The number of rotatable bonds is 4. The molecule has 24 heavy (non-hydrogen) atoms. The molecule has 126 valence electrons. The van der Waals surface area contributed by atoms with Crippen LogP contribution in [-0.4, -0.2) is 13.0 Å². The highest BCUT2D eigenvalue weighted by molar-refractivity contribution is 5.99. The maximum absolute atomic E-state index is 13.8. The van der Waals surface area contributed by atoms with Crippen LogP contribution < -0.4 is 10.1 Å². The van der Waals surface area contributed by atoms with E-state index in [0.717, 1.165) is 12.8 Å². The van der Waals surface area contributed by atoms with E-state index in [-0.39, 0.29) is 17.5 Å². The monoisotopic (exact) mass is 331 g/mol. The van der Waals surface area contributed by atoms with Crippen LogP contribution in [0.2, 0.25) is 0 Å². The quantitative estimate of drug-likeness (QED) is 0.900. The Morgan fingerprint density at radius 1 is 1.12 bits per heavy atom. The number of anilines is 1. The second kappa shape index (κ2) is 6.59. The van der Waals surface area contributed by atoms with E-state index < -0.39 is 11.2 Å². The van der Waals surface area contributed by atoms with Crippen LogP contribution in [0, 0.1) is 11.6 Å². The molecule has 1 N–H and O–H groups in total. The van der Waals surface area contributed by atoms with Crippen molar-refractivity contribution in [2.75, 3.05) is 12.4 Å². The van der Waals surface area contributed by atoms with E-state index in [2.05, 4.69) is 5.32 Å². The van der Waals surface area contributed by atoms with Crippen LogP contribution in [0.15, 0.2) is 42.5 Å². The minimum atomic E-state index is -0.765. The molecular formula is C19H19F2NO2. The summed E-state index contributed by atoms with van der Waals surface area (Å²) in [5, 5.41) is 2.78. The molecule has 1 fully saturated rings. The zero-order valence-corrected chi connectivity index (χ0v) is 13.4. The second-order valence-electron chi connectivity index (χ2n) is 6.10. The Morgan fingerprint density at radius 3 is 2.50 bits per heavy atom. The lowest BCUT2D eigenvalue weighted by atomic mass is 9.78. The van der Waals surface area contributed by atoms with Crippen molar-refractivity contribution in [3.63, 3.8) is 0 Å². The van der Waals surface area contributed by atoms with E-state index in [1.54, 1.807) is 18.2 Å². The normalized spacial score (nSPS) is 16.0. The topological polar surface area (TPSA) is 38.3 Å². The number of benzene rings is 2. The molecule has 1 aliphatic carbocycles. The Labute approximate surface area is 139 Å². The first-order chi connectivity index (χ1) is 11.5. The highest BCUT2D eigenvalue weighted by Gasteiger charge is 2.42. The first-order valence-electron chi connectivity index (χ1n) is 7.96. The number of ether oxygens (including phenoxy) is 1. The molecule has 1 aliphatic rings. The van der Waals surface area contributed by atoms with Gasteiger partial charge in [-0.05, 0) is 42.7 Å². The van der Waals surface area contributed by atoms with Crippen molar-refractivity contribution in [2.24, 2.45) is 0 Å². The van der Waals surface area contributed by atoms with Gasteiger partial charge in [-0.25, -0.2) is 8.78 Å². The third kappa shape index (κ3) is 2.98. The van der Waals surface area contributed by atoms with E-state index in [0.29, 0.717) is 24.1 Å². The molecule has 3 rings (SSSR count). The van der Waals surface area contributed by atoms with Gasteiger partial charge in [-0.3, -0.25) is 4.79 Å². The van der Waals surface area contributed by atoms with Crippen molar-refractivity contribution >= 4 is 11.6 Å². The smallest absolute Gasteiger partial charge is 0.235 e. The Balaban J connectivity index is 1.89. The first kappa shape index (κ1) is 16.4. The standard InChI is InChI=1S/C19H19F2NO2/c1-24-17-8-7-15(12-16(17)21)22-18(23)19(9-2-3-10-19)13-5-4-6-14(20)11-13/h4-8,11-12H,2-3,9-10H2,1H3,(H,22,23). The number of carbonyl (C=O) groups excluding carboxylic acids is 1. The lowest BCUT2D eigenvalue weighted by Gasteiger charge is -2.28. The number of nitrogens with one attached hydrogen (secondary N) is 1. The fourth-order valence-electron chi connectivity index (χ4n) is 3.41. The van der Waals surface area contributed by atoms with E-state index in [1.165, 1.54) is 31.4 Å². The summed E-state index contributed by atoms with van der Waals surface area (Å²) >= 11 is 0. The fraction of sp³-hybridized carbons (Fsp3) is 0.316. The van der Waals surface area contributed by atoms with Crippen molar-refractivity contribution in [3.8, 4) is 5.75 Å². The first-order valence-corrected chi connectivity index (χ1v) is 7.96. The molecule has 0 saturated heterocycles. The van der Waals surface area contributed by atoms with Gasteiger partial charge in [0.05, 0.1) is 12.5 Å². The van der Waals surface area contributed by atoms with E-state index in [9.17, 15) is 13.6 Å². The van der Waals surface area contributed by atoms with Gasteiger partial charge in [0.25, 0.3) is 0 Å². The molecule has 1 amide bonds. The predicted octanol–water partition coefficient (Wildman–Crippen LogP) is 4.42. The zero-order valence-electron chi connectivity index (χ0n) is 13.4. The summed E-state index contributed by atoms with van der Waals surface area (Å²) in [6.07, 6.45) is 3.11. The van der Waals surface area contributed by atoms with Crippen molar-refractivity contribution in [2.45, 2.75) is 31.1 Å². The number of methoxy groups -OCH3 is 1. The van der Waals surface area contributed by atoms with E-state index in [4.69, 9.17) is 4.74 Å². The molecule has 5 heteroatoms. The summed E-state index contributed by atoms with van der Waals surface area (Å²) < 4.78 is 32.3. The summed E-state index contributed by atoms with van der Waals surface area (Å²) in [4.78, 5) is 12.9. The van der Waals surface area contributed by atoms with Crippen molar-refractivity contribution < 1.29 is 18.3 Å². The molecule has 0 atom stereocenters. The van der Waals surface area contributed by atoms with Gasteiger partial charge in [0, 0.05) is 11.8 Å². The molecule has 3 nitrogen and oxygen atoms in total. The second-order valence-corrected chi connectivity index (χ2v) is 6.10. The van der Waals surface area contributed by atoms with Gasteiger partial charge in [0.2, 0.25) is 5.91 Å². The number of halogens is 2. The number of hydrogen-bond acceptors (Lipinski definition) is 2. The van der Waals surface area contributed by atoms with Gasteiger partial charge in [-0.2, -0.15) is 0 Å². The maximum Gasteiger partial charge on any atom is 0.235 e. The van der Waals surface area contributed by atoms with Gasteiger partial charge in [0.1, 0.15) is 5.82 Å². The average molecular weight is 331 g/mol. The molecule has 2 aromatic carbocycles. The van der Waals surface area contributed by atoms with Gasteiger partial charge < -0.3 is 10.1 Å². The number of hydrogen-bond donors (Lipinski definition) is 1. The lowest BCUT2D eigenvalue weighted by Crippen LogP contribution is -2.38. The Morgan fingerprint density at radius 2 is 1.88 bits per heavy atom. The van der Waals surface area contributed by atoms with Crippen LogP contribution in [0.25, 0.3) is 0 Å². The van der Waals surface area contributed by atoms with E-state index >= 15 is 0 Å². The predicted molar refractivity (Wildman–Crippen MR) is 88.1 cm³/mol. The average Bonchev–Trinajstić information content (AvgIpc) is 3.06. The maximum atomic E-state index is 13.8. The summed E-state index contributed by atoms with van der Waals surface area (Å²) in [7, 11) is 1.38. The number of carbonyl (C=O) groups is 1. The van der Waals surface area contributed by atoms with Gasteiger partial charge in [-0.1, -0.05) is 25.0 Å². The molecule has 0 heterocycles. The van der Waals surface area contributed by atoms with Crippen molar-refractivity contribution in [1.29, 1.82) is 0 Å². The molecule has 0 aliphatic heterocycles. The van der Waals surface area contributed by atoms with Crippen LogP contribution in [0.4, 0.5) is 14.5 Å². The van der Waals surface area contributed by atoms with Crippen LogP contribution >= 0.6 is 0 Å². The van der Waals surface area contributed by atoms with E-state index in [1.807, 2.05) is 0 Å². The molecule has 0 radical (unpaired) electrons.